The highest BCUT2D eigenvalue weighted by Gasteiger charge is 2.31. The quantitative estimate of drug-likeness (QED) is 0.679. The van der Waals surface area contributed by atoms with Gasteiger partial charge in [0.2, 0.25) is 0 Å². The van der Waals surface area contributed by atoms with Crippen LogP contribution in [0.5, 0.6) is 0 Å². The molecule has 21 heavy (non-hydrogen) atoms. The minimum Gasteiger partial charge on any atom is -0.359 e. The summed E-state index contributed by atoms with van der Waals surface area (Å²) in [5.74, 6) is 0. The molecule has 1 atom stereocenters. The van der Waals surface area contributed by atoms with E-state index in [0.29, 0.717) is 17.7 Å². The number of hydrogen-bond acceptors (Lipinski definition) is 7. The first-order chi connectivity index (χ1) is 10.1. The molecule has 1 aromatic carbocycles. The molecule has 0 amide bonds. The van der Waals surface area contributed by atoms with E-state index in [4.69, 9.17) is 5.73 Å². The van der Waals surface area contributed by atoms with Crippen LogP contribution in [0, 0.1) is 10.1 Å². The van der Waals surface area contributed by atoms with Crippen molar-refractivity contribution in [3.8, 4) is 0 Å². The molecular formula is C13H17N5O2S. The van der Waals surface area contributed by atoms with Gasteiger partial charge in [-0.05, 0) is 19.2 Å². The van der Waals surface area contributed by atoms with Crippen LogP contribution in [0.1, 0.15) is 0 Å². The first-order valence-corrected chi connectivity index (χ1v) is 7.65. The zero-order chi connectivity index (χ0) is 15.0. The Bertz CT molecular complexity index is 674. The van der Waals surface area contributed by atoms with Gasteiger partial charge in [-0.3, -0.25) is 10.1 Å². The van der Waals surface area contributed by atoms with Crippen molar-refractivity contribution < 1.29 is 4.92 Å². The molecule has 2 N–H and O–H groups in total. The lowest BCUT2D eigenvalue weighted by molar-refractivity contribution is -0.382. The van der Waals surface area contributed by atoms with Crippen LogP contribution in [-0.2, 0) is 0 Å². The van der Waals surface area contributed by atoms with Gasteiger partial charge in [0, 0.05) is 26.2 Å². The number of aromatic nitrogens is 1. The number of anilines is 1. The number of thiazole rings is 1. The number of nitrogens with zero attached hydrogens (tertiary/aromatic N) is 4. The number of fused-ring (bicyclic) bond motifs is 1. The highest BCUT2D eigenvalue weighted by molar-refractivity contribution is 7.16. The third kappa shape index (κ3) is 2.45. The summed E-state index contributed by atoms with van der Waals surface area (Å²) >= 11 is 1.41. The molecule has 1 fully saturated rings. The van der Waals surface area contributed by atoms with Crippen LogP contribution in [0.25, 0.3) is 10.2 Å². The summed E-state index contributed by atoms with van der Waals surface area (Å²) in [4.78, 5) is 19.6. The second-order valence-corrected chi connectivity index (χ2v) is 6.12. The van der Waals surface area contributed by atoms with Gasteiger partial charge in [0.05, 0.1) is 21.2 Å². The van der Waals surface area contributed by atoms with Crippen molar-refractivity contribution in [2.75, 3.05) is 38.1 Å². The van der Waals surface area contributed by atoms with Gasteiger partial charge in [-0.1, -0.05) is 0 Å². The molecule has 0 saturated carbocycles. The molecular weight excluding hydrogens is 290 g/mol. The van der Waals surface area contributed by atoms with Crippen molar-refractivity contribution in [3.63, 3.8) is 0 Å². The molecule has 1 saturated heterocycles. The Hall–Kier alpha value is -1.77. The van der Waals surface area contributed by atoms with Crippen LogP contribution >= 0.6 is 11.3 Å². The van der Waals surface area contributed by atoms with E-state index in [1.54, 1.807) is 5.51 Å². The zero-order valence-corrected chi connectivity index (χ0v) is 12.5. The van der Waals surface area contributed by atoms with Crippen LogP contribution < -0.4 is 10.6 Å². The van der Waals surface area contributed by atoms with E-state index in [0.717, 1.165) is 24.3 Å². The first kappa shape index (κ1) is 14.2. The Labute approximate surface area is 126 Å². The van der Waals surface area contributed by atoms with Crippen LogP contribution in [0.2, 0.25) is 0 Å². The summed E-state index contributed by atoms with van der Waals surface area (Å²) in [5, 5.41) is 11.5. The summed E-state index contributed by atoms with van der Waals surface area (Å²) < 4.78 is 0.837. The van der Waals surface area contributed by atoms with Crippen molar-refractivity contribution in [2.45, 2.75) is 6.04 Å². The van der Waals surface area contributed by atoms with Crippen LogP contribution in [0.3, 0.4) is 0 Å². The van der Waals surface area contributed by atoms with Crippen molar-refractivity contribution in [1.82, 2.24) is 9.88 Å². The largest absolute Gasteiger partial charge is 0.359 e. The molecule has 3 rings (SSSR count). The summed E-state index contributed by atoms with van der Waals surface area (Å²) in [6, 6.07) is 3.81. The highest BCUT2D eigenvalue weighted by atomic mass is 32.1. The Morgan fingerprint density at radius 1 is 1.52 bits per heavy atom. The number of nitro groups is 1. The molecule has 0 aliphatic carbocycles. The van der Waals surface area contributed by atoms with Gasteiger partial charge in [-0.2, -0.15) is 0 Å². The monoisotopic (exact) mass is 307 g/mol. The molecule has 2 heterocycles. The third-order valence-electron chi connectivity index (χ3n) is 3.90. The van der Waals surface area contributed by atoms with E-state index in [1.807, 2.05) is 19.2 Å². The van der Waals surface area contributed by atoms with Gasteiger partial charge in [0.15, 0.2) is 5.52 Å². The zero-order valence-electron chi connectivity index (χ0n) is 11.7. The second-order valence-electron chi connectivity index (χ2n) is 5.23. The molecule has 1 aliphatic heterocycles. The average molecular weight is 307 g/mol. The number of likely N-dealkylation sites (N-methyl/N-ethyl adjacent to an activating group) is 1. The van der Waals surface area contributed by atoms with Gasteiger partial charge in [-0.15, -0.1) is 11.3 Å². The first-order valence-electron chi connectivity index (χ1n) is 6.77. The van der Waals surface area contributed by atoms with Crippen molar-refractivity contribution in [3.05, 3.63) is 27.8 Å². The molecule has 8 heteroatoms. The van der Waals surface area contributed by atoms with Crippen molar-refractivity contribution >= 4 is 32.9 Å². The van der Waals surface area contributed by atoms with Gasteiger partial charge >= 0.3 is 5.69 Å². The molecule has 0 bridgehead atoms. The Morgan fingerprint density at radius 2 is 2.33 bits per heavy atom. The predicted molar refractivity (Wildman–Crippen MR) is 84.0 cm³/mol. The normalized spacial score (nSPS) is 20.1. The third-order valence-corrected chi connectivity index (χ3v) is 4.70. The van der Waals surface area contributed by atoms with Crippen molar-refractivity contribution in [2.24, 2.45) is 5.73 Å². The Balaban J connectivity index is 2.10. The van der Waals surface area contributed by atoms with Crippen LogP contribution in [0.15, 0.2) is 17.6 Å². The van der Waals surface area contributed by atoms with E-state index in [-0.39, 0.29) is 16.7 Å². The van der Waals surface area contributed by atoms with Gasteiger partial charge < -0.3 is 15.5 Å². The molecule has 2 aromatic rings. The van der Waals surface area contributed by atoms with E-state index >= 15 is 0 Å². The minimum atomic E-state index is -0.330. The summed E-state index contributed by atoms with van der Waals surface area (Å²) in [6.45, 7) is 2.87. The topological polar surface area (TPSA) is 88.5 Å². The number of hydrogen-bond donors (Lipinski definition) is 1. The van der Waals surface area contributed by atoms with E-state index in [1.165, 1.54) is 11.3 Å². The molecule has 112 valence electrons. The van der Waals surface area contributed by atoms with E-state index in [9.17, 15) is 10.1 Å². The minimum absolute atomic E-state index is 0.0820. The number of benzene rings is 1. The number of nitro benzene ring substituents is 1. The molecule has 1 aromatic heterocycles. The summed E-state index contributed by atoms with van der Waals surface area (Å²) in [5.41, 5.74) is 8.70. The maximum Gasteiger partial charge on any atom is 0.319 e. The van der Waals surface area contributed by atoms with Crippen LogP contribution in [-0.4, -0.2) is 54.1 Å². The van der Waals surface area contributed by atoms with E-state index < -0.39 is 0 Å². The smallest absolute Gasteiger partial charge is 0.319 e. The molecule has 7 nitrogen and oxygen atoms in total. The number of piperazine rings is 1. The molecule has 0 spiro atoms. The average Bonchev–Trinajstić information content (AvgIpc) is 2.94. The Kier molecular flexibility index (Phi) is 3.75. The predicted octanol–water partition coefficient (Wildman–Crippen LogP) is 1.28. The maximum atomic E-state index is 11.5. The molecule has 1 unspecified atom stereocenters. The molecule has 1 aliphatic rings. The van der Waals surface area contributed by atoms with Crippen molar-refractivity contribution in [1.29, 1.82) is 0 Å². The highest BCUT2D eigenvalue weighted by Crippen LogP contribution is 2.37. The lowest BCUT2D eigenvalue weighted by Crippen LogP contribution is -2.55. The number of nitrogens with two attached hydrogens (primary N) is 1. The Morgan fingerprint density at radius 3 is 3.05 bits per heavy atom. The SMILES string of the molecule is CN1CCN(c2ccc3scnc3c2[N+](=O)[O-])C(CN)C1. The lowest BCUT2D eigenvalue weighted by Gasteiger charge is -2.40. The summed E-state index contributed by atoms with van der Waals surface area (Å²) in [7, 11) is 2.04. The number of rotatable bonds is 3. The summed E-state index contributed by atoms with van der Waals surface area (Å²) in [6.07, 6.45) is 0. The van der Waals surface area contributed by atoms with E-state index in [2.05, 4.69) is 14.8 Å². The maximum absolute atomic E-state index is 11.5. The lowest BCUT2D eigenvalue weighted by atomic mass is 10.1. The standard InChI is InChI=1S/C13H17N5O2S/c1-16-4-5-17(9(6-14)7-16)10-2-3-11-12(15-8-21-11)13(10)18(19)20/h2-3,8-9H,4-7,14H2,1H3. The van der Waals surface area contributed by atoms with Gasteiger partial charge in [0.25, 0.3) is 0 Å². The fraction of sp³-hybridized carbons (Fsp3) is 0.462. The molecule has 0 radical (unpaired) electrons. The van der Waals surface area contributed by atoms with Crippen LogP contribution in [0.4, 0.5) is 11.4 Å². The van der Waals surface area contributed by atoms with Gasteiger partial charge in [0.1, 0.15) is 5.69 Å². The van der Waals surface area contributed by atoms with Gasteiger partial charge in [-0.25, -0.2) is 4.98 Å². The second kappa shape index (κ2) is 5.55. The fourth-order valence-electron chi connectivity index (χ4n) is 2.85. The fourth-order valence-corrected chi connectivity index (χ4v) is 3.53.